The van der Waals surface area contributed by atoms with E-state index < -0.39 is 0 Å². The summed E-state index contributed by atoms with van der Waals surface area (Å²) in [6, 6.07) is 2.37. The molecule has 0 aromatic carbocycles. The summed E-state index contributed by atoms with van der Waals surface area (Å²) in [6.45, 7) is 8.88. The number of nitrogens with one attached hydrogen (secondary N) is 1. The summed E-state index contributed by atoms with van der Waals surface area (Å²) in [5.74, 6) is 2.59. The Hall–Kier alpha value is -1.33. The van der Waals surface area contributed by atoms with Crippen LogP contribution < -0.4 is 5.32 Å². The second-order valence-corrected chi connectivity index (χ2v) is 3.89. The average molecular weight is 202 g/mol. The van der Waals surface area contributed by atoms with Crippen LogP contribution in [0.15, 0.2) is 6.07 Å². The Morgan fingerprint density at radius 2 is 2.13 bits per heavy atom. The Morgan fingerprint density at radius 3 is 2.67 bits per heavy atom. The molecule has 1 atom stereocenters. The fourth-order valence-electron chi connectivity index (χ4n) is 2.00. The third kappa shape index (κ3) is 2.81. The predicted octanol–water partition coefficient (Wildman–Crippen LogP) is 2.29. The van der Waals surface area contributed by atoms with E-state index in [1.54, 1.807) is 0 Å². The molecular formula is C13H18N2. The van der Waals surface area contributed by atoms with Gasteiger partial charge >= 0.3 is 0 Å². The topological polar surface area (TPSA) is 24.9 Å². The molecule has 0 saturated heterocycles. The van der Waals surface area contributed by atoms with Crippen molar-refractivity contribution in [3.05, 3.63) is 28.6 Å². The van der Waals surface area contributed by atoms with Crippen LogP contribution in [0.3, 0.4) is 0 Å². The molecule has 0 spiro atoms. The summed E-state index contributed by atoms with van der Waals surface area (Å²) < 4.78 is 0. The van der Waals surface area contributed by atoms with E-state index in [9.17, 15) is 0 Å². The Labute approximate surface area is 92.1 Å². The highest BCUT2D eigenvalue weighted by Crippen LogP contribution is 2.20. The summed E-state index contributed by atoms with van der Waals surface area (Å²) in [6.07, 6.45) is 5.23. The Kier molecular flexibility index (Phi) is 3.88. The van der Waals surface area contributed by atoms with Gasteiger partial charge in [0.15, 0.2) is 0 Å². The minimum atomic E-state index is 0.258. The molecule has 1 aromatic rings. The van der Waals surface area contributed by atoms with Crippen LogP contribution >= 0.6 is 0 Å². The summed E-state index contributed by atoms with van der Waals surface area (Å²) in [7, 11) is 0. The molecular weight excluding hydrogens is 184 g/mol. The zero-order chi connectivity index (χ0) is 11.4. The van der Waals surface area contributed by atoms with Gasteiger partial charge in [0.2, 0.25) is 0 Å². The first kappa shape index (κ1) is 11.7. The molecule has 2 nitrogen and oxygen atoms in total. The average Bonchev–Trinajstić information content (AvgIpc) is 2.12. The van der Waals surface area contributed by atoms with Crippen LogP contribution in [-0.2, 0) is 0 Å². The Morgan fingerprint density at radius 1 is 1.47 bits per heavy atom. The first-order chi connectivity index (χ1) is 7.06. The molecule has 80 valence electrons. The molecule has 15 heavy (non-hydrogen) atoms. The fourth-order valence-corrected chi connectivity index (χ4v) is 2.00. The van der Waals surface area contributed by atoms with Crippen LogP contribution in [0, 0.1) is 33.1 Å². The molecule has 0 radical (unpaired) electrons. The van der Waals surface area contributed by atoms with Gasteiger partial charge in [-0.25, -0.2) is 0 Å². The minimum Gasteiger partial charge on any atom is -0.300 e. The highest BCUT2D eigenvalue weighted by Gasteiger charge is 2.11. The van der Waals surface area contributed by atoms with Crippen LogP contribution in [0.25, 0.3) is 0 Å². The molecule has 0 saturated carbocycles. The van der Waals surface area contributed by atoms with Crippen molar-refractivity contribution in [1.29, 1.82) is 0 Å². The molecule has 1 rings (SSSR count). The lowest BCUT2D eigenvalue weighted by atomic mass is 10.0. The van der Waals surface area contributed by atoms with Crippen molar-refractivity contribution < 1.29 is 0 Å². The Balaban J connectivity index is 2.99. The van der Waals surface area contributed by atoms with Gasteiger partial charge in [-0.15, -0.1) is 6.42 Å². The molecule has 0 amide bonds. The first-order valence-corrected chi connectivity index (χ1v) is 5.18. The lowest BCUT2D eigenvalue weighted by Gasteiger charge is -2.17. The largest absolute Gasteiger partial charge is 0.300 e. The molecule has 1 heterocycles. The van der Waals surface area contributed by atoms with Crippen LogP contribution in [0.4, 0.5) is 0 Å². The van der Waals surface area contributed by atoms with Crippen molar-refractivity contribution in [3.63, 3.8) is 0 Å². The van der Waals surface area contributed by atoms with E-state index in [1.807, 2.05) is 13.8 Å². The number of hydrogen-bond acceptors (Lipinski definition) is 2. The fraction of sp³-hybridized carbons (Fsp3) is 0.462. The van der Waals surface area contributed by atoms with Gasteiger partial charge in [0.1, 0.15) is 0 Å². The summed E-state index contributed by atoms with van der Waals surface area (Å²) >= 11 is 0. The number of hydrogen-bond donors (Lipinski definition) is 1. The van der Waals surface area contributed by atoms with E-state index in [0.29, 0.717) is 6.54 Å². The maximum absolute atomic E-state index is 5.23. The second-order valence-electron chi connectivity index (χ2n) is 3.89. The van der Waals surface area contributed by atoms with Crippen molar-refractivity contribution in [1.82, 2.24) is 10.3 Å². The van der Waals surface area contributed by atoms with E-state index in [2.05, 4.69) is 36.1 Å². The molecule has 1 N–H and O–H groups in total. The van der Waals surface area contributed by atoms with Gasteiger partial charge < -0.3 is 0 Å². The molecule has 0 aliphatic carbocycles. The second kappa shape index (κ2) is 4.95. The van der Waals surface area contributed by atoms with E-state index in [1.165, 1.54) is 11.1 Å². The van der Waals surface area contributed by atoms with Crippen molar-refractivity contribution in [2.45, 2.75) is 33.7 Å². The van der Waals surface area contributed by atoms with E-state index in [-0.39, 0.29) is 6.04 Å². The third-order valence-electron chi connectivity index (χ3n) is 2.53. The molecule has 0 aliphatic heterocycles. The Bertz CT molecular complexity index is 365. The van der Waals surface area contributed by atoms with E-state index in [4.69, 9.17) is 6.42 Å². The number of aryl methyl sites for hydroxylation is 3. The number of aromatic nitrogens is 1. The van der Waals surface area contributed by atoms with Gasteiger partial charge in [0, 0.05) is 17.4 Å². The van der Waals surface area contributed by atoms with Crippen molar-refractivity contribution >= 4 is 0 Å². The standard InChI is InChI=1S/C13H18N2/c1-6-7-14-11(4)13-9(2)8-10(3)15-12(13)5/h1,8,11,14H,7H2,2-5H3. The quantitative estimate of drug-likeness (QED) is 0.761. The summed E-state index contributed by atoms with van der Waals surface area (Å²) in [5, 5.41) is 3.27. The van der Waals surface area contributed by atoms with Gasteiger partial charge in [0.25, 0.3) is 0 Å². The van der Waals surface area contributed by atoms with Crippen LogP contribution in [-0.4, -0.2) is 11.5 Å². The van der Waals surface area contributed by atoms with Crippen LogP contribution in [0.1, 0.15) is 35.5 Å². The van der Waals surface area contributed by atoms with Gasteiger partial charge in [-0.2, -0.15) is 0 Å². The molecule has 0 fully saturated rings. The zero-order valence-electron chi connectivity index (χ0n) is 9.89. The predicted molar refractivity (Wildman–Crippen MR) is 63.7 cm³/mol. The molecule has 0 aliphatic rings. The smallest absolute Gasteiger partial charge is 0.0578 e. The number of nitrogens with zero attached hydrogens (tertiary/aromatic N) is 1. The summed E-state index contributed by atoms with van der Waals surface area (Å²) in [4.78, 5) is 4.47. The third-order valence-corrected chi connectivity index (χ3v) is 2.53. The monoisotopic (exact) mass is 202 g/mol. The van der Waals surface area contributed by atoms with Crippen LogP contribution in [0.2, 0.25) is 0 Å². The lowest BCUT2D eigenvalue weighted by molar-refractivity contribution is 0.612. The normalized spacial score (nSPS) is 12.2. The number of rotatable bonds is 3. The molecule has 1 aromatic heterocycles. The van der Waals surface area contributed by atoms with Crippen molar-refractivity contribution in [2.24, 2.45) is 0 Å². The minimum absolute atomic E-state index is 0.258. The first-order valence-electron chi connectivity index (χ1n) is 5.18. The lowest BCUT2D eigenvalue weighted by Crippen LogP contribution is -2.21. The van der Waals surface area contributed by atoms with Gasteiger partial charge in [-0.1, -0.05) is 5.92 Å². The maximum Gasteiger partial charge on any atom is 0.0578 e. The van der Waals surface area contributed by atoms with E-state index >= 15 is 0 Å². The highest BCUT2D eigenvalue weighted by molar-refractivity contribution is 5.33. The molecule has 0 bridgehead atoms. The number of pyridine rings is 1. The zero-order valence-corrected chi connectivity index (χ0v) is 9.89. The van der Waals surface area contributed by atoms with Crippen LogP contribution in [0.5, 0.6) is 0 Å². The summed E-state index contributed by atoms with van der Waals surface area (Å²) in [5.41, 5.74) is 4.69. The number of terminal acetylenes is 1. The van der Waals surface area contributed by atoms with Crippen molar-refractivity contribution in [2.75, 3.05) is 6.54 Å². The van der Waals surface area contributed by atoms with E-state index in [0.717, 1.165) is 11.4 Å². The maximum atomic E-state index is 5.23. The van der Waals surface area contributed by atoms with Gasteiger partial charge in [-0.05, 0) is 44.9 Å². The highest BCUT2D eigenvalue weighted by atomic mass is 14.9. The SMILES string of the molecule is C#CCNC(C)c1c(C)cc(C)nc1C. The van der Waals surface area contributed by atoms with Crippen molar-refractivity contribution in [3.8, 4) is 12.3 Å². The van der Waals surface area contributed by atoms with Gasteiger partial charge in [-0.3, -0.25) is 10.3 Å². The van der Waals surface area contributed by atoms with Gasteiger partial charge in [0.05, 0.1) is 6.54 Å². The molecule has 1 unspecified atom stereocenters. The molecule has 2 heteroatoms.